The van der Waals surface area contributed by atoms with E-state index in [1.165, 1.54) is 21.1 Å². The molecule has 0 radical (unpaired) electrons. The Morgan fingerprint density at radius 2 is 1.71 bits per heavy atom. The third-order valence-corrected chi connectivity index (χ3v) is 2.15. The fourth-order valence-corrected chi connectivity index (χ4v) is 1.33. The van der Waals surface area contributed by atoms with Gasteiger partial charge in [0.05, 0.1) is 0 Å². The number of carbonyl (C=O) groups is 2. The second-order valence-corrected chi connectivity index (χ2v) is 2.73. The van der Waals surface area contributed by atoms with Crippen LogP contribution in [0.25, 0.3) is 0 Å². The highest BCUT2D eigenvalue weighted by atomic mass is 16.4. The van der Waals surface area contributed by atoms with E-state index in [-0.39, 0.29) is 0 Å². The van der Waals surface area contributed by atoms with Crippen LogP contribution in [0.3, 0.4) is 0 Å². The highest BCUT2D eigenvalue weighted by molar-refractivity contribution is 5.92. The van der Waals surface area contributed by atoms with E-state index in [2.05, 4.69) is 16.0 Å². The standard InChI is InChI=1S/C7H16N4O3/c1-9-4(5(12)13)7(10-2,11-3)6(8)14/h4,9-11H,1-3H3,(H2,8,14)(H,12,13). The molecule has 0 heterocycles. The molecule has 0 aliphatic rings. The third-order valence-electron chi connectivity index (χ3n) is 2.15. The molecule has 7 nitrogen and oxygen atoms in total. The Balaban J connectivity index is 5.13. The van der Waals surface area contributed by atoms with E-state index in [9.17, 15) is 9.59 Å². The fourth-order valence-electron chi connectivity index (χ4n) is 1.33. The van der Waals surface area contributed by atoms with Gasteiger partial charge < -0.3 is 16.2 Å². The number of rotatable bonds is 6. The van der Waals surface area contributed by atoms with Crippen LogP contribution in [0.1, 0.15) is 0 Å². The van der Waals surface area contributed by atoms with Crippen LogP contribution in [0, 0.1) is 0 Å². The summed E-state index contributed by atoms with van der Waals surface area (Å²) in [5.41, 5.74) is 3.64. The Hall–Kier alpha value is -1.18. The highest BCUT2D eigenvalue weighted by Crippen LogP contribution is 2.05. The number of hydrogen-bond donors (Lipinski definition) is 5. The second-order valence-electron chi connectivity index (χ2n) is 2.73. The first kappa shape index (κ1) is 12.8. The number of aliphatic carboxylic acids is 1. The van der Waals surface area contributed by atoms with Crippen molar-refractivity contribution in [1.82, 2.24) is 16.0 Å². The smallest absolute Gasteiger partial charge is 0.324 e. The lowest BCUT2D eigenvalue weighted by atomic mass is 9.99. The molecule has 0 spiro atoms. The third kappa shape index (κ3) is 2.00. The van der Waals surface area contributed by atoms with Gasteiger partial charge in [0.15, 0.2) is 5.66 Å². The average Bonchev–Trinajstić information content (AvgIpc) is 2.12. The molecule has 6 N–H and O–H groups in total. The van der Waals surface area contributed by atoms with E-state index < -0.39 is 23.6 Å². The summed E-state index contributed by atoms with van der Waals surface area (Å²) >= 11 is 0. The predicted molar refractivity (Wildman–Crippen MR) is 50.5 cm³/mol. The zero-order chi connectivity index (χ0) is 11.4. The molecular weight excluding hydrogens is 188 g/mol. The minimum atomic E-state index is -1.50. The molecule has 0 aromatic heterocycles. The first-order valence-corrected chi connectivity index (χ1v) is 4.04. The number of primary amides is 1. The molecule has 0 saturated heterocycles. The molecule has 7 heteroatoms. The minimum absolute atomic E-state index is 0.788. The molecular formula is C7H16N4O3. The Morgan fingerprint density at radius 1 is 1.29 bits per heavy atom. The topological polar surface area (TPSA) is 116 Å². The molecule has 0 aromatic carbocycles. The summed E-state index contributed by atoms with van der Waals surface area (Å²) in [6.45, 7) is 0. The highest BCUT2D eigenvalue weighted by Gasteiger charge is 2.45. The monoisotopic (exact) mass is 204 g/mol. The SMILES string of the molecule is CNC(C(=O)O)C(NC)(NC)C(N)=O. The number of hydrogen-bond acceptors (Lipinski definition) is 5. The minimum Gasteiger partial charge on any atom is -0.480 e. The maximum absolute atomic E-state index is 11.2. The summed E-state index contributed by atoms with van der Waals surface area (Å²) < 4.78 is 0. The maximum Gasteiger partial charge on any atom is 0.324 e. The largest absolute Gasteiger partial charge is 0.480 e. The van der Waals surface area contributed by atoms with Crippen molar-refractivity contribution in [3.05, 3.63) is 0 Å². The normalized spacial score (nSPS) is 13.6. The van der Waals surface area contributed by atoms with Gasteiger partial charge >= 0.3 is 5.97 Å². The van der Waals surface area contributed by atoms with Crippen LogP contribution in [0.5, 0.6) is 0 Å². The second kappa shape index (κ2) is 4.89. The van der Waals surface area contributed by atoms with Crippen molar-refractivity contribution in [3.63, 3.8) is 0 Å². The van der Waals surface area contributed by atoms with Gasteiger partial charge in [0, 0.05) is 0 Å². The lowest BCUT2D eigenvalue weighted by molar-refractivity contribution is -0.146. The summed E-state index contributed by atoms with van der Waals surface area (Å²) in [6, 6.07) is -1.14. The summed E-state index contributed by atoms with van der Waals surface area (Å²) in [7, 11) is 4.34. The number of nitrogens with two attached hydrogens (primary N) is 1. The Labute approximate surface area is 82.0 Å². The van der Waals surface area contributed by atoms with Crippen LogP contribution in [0.15, 0.2) is 0 Å². The van der Waals surface area contributed by atoms with E-state index in [1.54, 1.807) is 0 Å². The molecule has 14 heavy (non-hydrogen) atoms. The zero-order valence-electron chi connectivity index (χ0n) is 8.42. The van der Waals surface area contributed by atoms with E-state index in [0.29, 0.717) is 0 Å². The van der Waals surface area contributed by atoms with Gasteiger partial charge in [-0.15, -0.1) is 0 Å². The molecule has 0 fully saturated rings. The van der Waals surface area contributed by atoms with Crippen molar-refractivity contribution in [1.29, 1.82) is 0 Å². The predicted octanol–water partition coefficient (Wildman–Crippen LogP) is -2.72. The summed E-state index contributed by atoms with van der Waals surface area (Å²) in [6.07, 6.45) is 0. The van der Waals surface area contributed by atoms with Crippen molar-refractivity contribution < 1.29 is 14.7 Å². The van der Waals surface area contributed by atoms with Crippen LogP contribution < -0.4 is 21.7 Å². The van der Waals surface area contributed by atoms with Gasteiger partial charge in [0.25, 0.3) is 5.91 Å². The molecule has 1 amide bonds. The van der Waals surface area contributed by atoms with Crippen LogP contribution in [0.2, 0.25) is 0 Å². The maximum atomic E-state index is 11.2. The van der Waals surface area contributed by atoms with E-state index >= 15 is 0 Å². The molecule has 0 aromatic rings. The molecule has 0 rings (SSSR count). The van der Waals surface area contributed by atoms with Crippen LogP contribution in [-0.4, -0.2) is 49.8 Å². The molecule has 0 saturated carbocycles. The molecule has 82 valence electrons. The summed E-state index contributed by atoms with van der Waals surface area (Å²) in [4.78, 5) is 22.0. The van der Waals surface area contributed by atoms with Crippen LogP contribution >= 0.6 is 0 Å². The number of amides is 1. The molecule has 0 aliphatic carbocycles. The first-order chi connectivity index (χ1) is 6.46. The van der Waals surface area contributed by atoms with E-state index in [0.717, 1.165) is 0 Å². The van der Waals surface area contributed by atoms with E-state index in [1.807, 2.05) is 0 Å². The number of carboxylic acid groups (broad SMARTS) is 1. The first-order valence-electron chi connectivity index (χ1n) is 4.04. The lowest BCUT2D eigenvalue weighted by Gasteiger charge is -2.34. The van der Waals surface area contributed by atoms with Crippen LogP contribution in [0.4, 0.5) is 0 Å². The number of carboxylic acids is 1. The van der Waals surface area contributed by atoms with Gasteiger partial charge in [-0.25, -0.2) is 0 Å². The molecule has 0 bridgehead atoms. The van der Waals surface area contributed by atoms with Crippen LogP contribution in [-0.2, 0) is 9.59 Å². The average molecular weight is 204 g/mol. The van der Waals surface area contributed by atoms with Crippen molar-refractivity contribution in [2.75, 3.05) is 21.1 Å². The van der Waals surface area contributed by atoms with Gasteiger partial charge in [0.1, 0.15) is 6.04 Å². The van der Waals surface area contributed by atoms with Gasteiger partial charge in [-0.3, -0.25) is 20.2 Å². The Kier molecular flexibility index (Phi) is 4.48. The number of nitrogens with one attached hydrogen (secondary N) is 3. The quantitative estimate of drug-likeness (QED) is 0.300. The Bertz CT molecular complexity index is 227. The van der Waals surface area contributed by atoms with Gasteiger partial charge in [0.2, 0.25) is 0 Å². The molecule has 1 unspecified atom stereocenters. The Morgan fingerprint density at radius 3 is 1.79 bits per heavy atom. The summed E-state index contributed by atoms with van der Waals surface area (Å²) in [5.74, 6) is -1.96. The van der Waals surface area contributed by atoms with E-state index in [4.69, 9.17) is 10.8 Å². The number of carbonyl (C=O) groups excluding carboxylic acids is 1. The lowest BCUT2D eigenvalue weighted by Crippen LogP contribution is -2.74. The summed E-state index contributed by atoms with van der Waals surface area (Å²) in [5, 5.41) is 16.5. The van der Waals surface area contributed by atoms with Crippen molar-refractivity contribution >= 4 is 11.9 Å². The zero-order valence-corrected chi connectivity index (χ0v) is 8.42. The van der Waals surface area contributed by atoms with Crippen molar-refractivity contribution in [3.8, 4) is 0 Å². The van der Waals surface area contributed by atoms with Gasteiger partial charge in [-0.2, -0.15) is 0 Å². The fraction of sp³-hybridized carbons (Fsp3) is 0.714. The molecule has 0 aliphatic heterocycles. The molecule has 1 atom stereocenters. The van der Waals surface area contributed by atoms with Crippen molar-refractivity contribution in [2.24, 2.45) is 5.73 Å². The van der Waals surface area contributed by atoms with Gasteiger partial charge in [-0.1, -0.05) is 0 Å². The number of likely N-dealkylation sites (N-methyl/N-ethyl adjacent to an activating group) is 3. The van der Waals surface area contributed by atoms with Crippen molar-refractivity contribution in [2.45, 2.75) is 11.7 Å². The van der Waals surface area contributed by atoms with Gasteiger partial charge in [-0.05, 0) is 21.1 Å².